The number of ketones is 1. The van der Waals surface area contributed by atoms with Crippen LogP contribution in [0.15, 0.2) is 66.9 Å². The van der Waals surface area contributed by atoms with Gasteiger partial charge in [-0.15, -0.1) is 0 Å². The molecule has 1 fully saturated rings. The van der Waals surface area contributed by atoms with Crippen LogP contribution in [-0.2, 0) is 0 Å². The number of carbonyl (C=O) groups is 1. The lowest BCUT2D eigenvalue weighted by atomic mass is 9.69. The third-order valence-electron chi connectivity index (χ3n) is 6.93. The number of halogens is 1. The Morgan fingerprint density at radius 2 is 1.85 bits per heavy atom. The van der Waals surface area contributed by atoms with Crippen molar-refractivity contribution in [2.45, 2.75) is 31.8 Å². The van der Waals surface area contributed by atoms with Crippen LogP contribution in [0.4, 0.5) is 10.1 Å². The Balaban J connectivity index is 1.82. The molecule has 1 saturated heterocycles. The van der Waals surface area contributed by atoms with Gasteiger partial charge in [0.2, 0.25) is 0 Å². The molecule has 0 N–H and O–H groups in total. The van der Waals surface area contributed by atoms with Gasteiger partial charge in [0.05, 0.1) is 29.6 Å². The van der Waals surface area contributed by atoms with Gasteiger partial charge in [-0.05, 0) is 49.2 Å². The van der Waals surface area contributed by atoms with Crippen LogP contribution in [0.25, 0.3) is 6.08 Å². The monoisotopic (exact) mass is 448 g/mol. The van der Waals surface area contributed by atoms with Gasteiger partial charge in [0.1, 0.15) is 11.9 Å². The van der Waals surface area contributed by atoms with Crippen molar-refractivity contribution in [2.24, 2.45) is 5.41 Å². The van der Waals surface area contributed by atoms with E-state index in [2.05, 4.69) is 17.1 Å². The minimum absolute atomic E-state index is 0.182. The number of Topliss-reactive ketones (excluding diaryl/α,β-unsaturated/α-hetero) is 1. The first-order valence-electron chi connectivity index (χ1n) is 11.0. The summed E-state index contributed by atoms with van der Waals surface area (Å²) in [6.45, 7) is 3.81. The predicted molar refractivity (Wildman–Crippen MR) is 126 cm³/mol. The van der Waals surface area contributed by atoms with E-state index in [0.717, 1.165) is 11.1 Å². The van der Waals surface area contributed by atoms with Gasteiger partial charge in [0.15, 0.2) is 11.2 Å². The van der Waals surface area contributed by atoms with Gasteiger partial charge in [0, 0.05) is 17.7 Å². The number of pyridine rings is 1. The largest absolute Gasteiger partial charge is 0.349 e. The summed E-state index contributed by atoms with van der Waals surface area (Å²) in [4.78, 5) is 20.4. The first-order chi connectivity index (χ1) is 16.4. The Morgan fingerprint density at radius 1 is 1.09 bits per heavy atom. The number of rotatable bonds is 3. The number of aryl methyl sites for hydroxylation is 2. The van der Waals surface area contributed by atoms with Gasteiger partial charge in [-0.2, -0.15) is 10.5 Å². The highest BCUT2D eigenvalue weighted by molar-refractivity contribution is 6.05. The van der Waals surface area contributed by atoms with Crippen LogP contribution in [0, 0.1) is 47.7 Å². The molecule has 166 valence electrons. The fourth-order valence-electron chi connectivity index (χ4n) is 5.43. The average Bonchev–Trinajstić information content (AvgIpc) is 3.15. The average molecular weight is 449 g/mol. The van der Waals surface area contributed by atoms with Gasteiger partial charge in [-0.25, -0.2) is 4.39 Å². The molecule has 3 heterocycles. The van der Waals surface area contributed by atoms with Crippen molar-refractivity contribution in [3.63, 3.8) is 0 Å². The van der Waals surface area contributed by atoms with Crippen LogP contribution in [0.1, 0.15) is 38.7 Å². The Morgan fingerprint density at radius 3 is 2.56 bits per heavy atom. The zero-order valence-electron chi connectivity index (χ0n) is 18.7. The SMILES string of the molecule is Cc1ccc(C(=O)[C@@H]2[C@@H](c3ccccc3F)C(C#N)(C#N)[C@@H]3C=Cc4ncccc4N23)c(C)c1. The number of hydrogen-bond donors (Lipinski definition) is 0. The zero-order valence-corrected chi connectivity index (χ0v) is 18.7. The number of hydrogen-bond acceptors (Lipinski definition) is 5. The topological polar surface area (TPSA) is 80.8 Å². The molecule has 0 aliphatic carbocycles. The molecule has 2 aliphatic heterocycles. The first-order valence-corrected chi connectivity index (χ1v) is 11.0. The Bertz CT molecular complexity index is 1420. The highest BCUT2D eigenvalue weighted by Gasteiger charge is 2.64. The number of benzene rings is 2. The number of carbonyl (C=O) groups excluding carboxylic acids is 1. The maximum atomic E-state index is 15.2. The lowest BCUT2D eigenvalue weighted by molar-refractivity contribution is 0.0950. The molecule has 3 aromatic rings. The molecule has 0 unspecified atom stereocenters. The molecule has 0 bridgehead atoms. The van der Waals surface area contributed by atoms with E-state index >= 15 is 4.39 Å². The highest BCUT2D eigenvalue weighted by Crippen LogP contribution is 2.55. The molecular weight excluding hydrogens is 427 g/mol. The summed E-state index contributed by atoms with van der Waals surface area (Å²) in [6.07, 6.45) is 5.16. The Labute approximate surface area is 197 Å². The maximum absolute atomic E-state index is 15.2. The molecule has 6 heteroatoms. The third kappa shape index (κ3) is 2.96. The second-order valence-electron chi connectivity index (χ2n) is 8.84. The van der Waals surface area contributed by atoms with Gasteiger partial charge < -0.3 is 4.90 Å². The summed E-state index contributed by atoms with van der Waals surface area (Å²) in [7, 11) is 0. The fourth-order valence-corrected chi connectivity index (χ4v) is 5.43. The van der Waals surface area contributed by atoms with E-state index in [1.165, 1.54) is 6.07 Å². The molecule has 2 aliphatic rings. The van der Waals surface area contributed by atoms with Crippen LogP contribution < -0.4 is 4.90 Å². The van der Waals surface area contributed by atoms with E-state index in [1.54, 1.807) is 53.6 Å². The summed E-state index contributed by atoms with van der Waals surface area (Å²) in [5.41, 5.74) is 2.07. The standard InChI is InChI=1S/C28H21FN4O/c1-17-9-10-19(18(2)14-17)27(34)26-25(20-6-3-4-7-21(20)29)28(15-30,16-31)24-12-11-22-23(33(24)26)8-5-13-32-22/h3-14,24-26H,1-2H3/t24-,25+,26-/m0/s1. The van der Waals surface area contributed by atoms with Gasteiger partial charge in [-0.1, -0.05) is 48.0 Å². The summed E-state index contributed by atoms with van der Waals surface area (Å²) >= 11 is 0. The molecule has 3 atom stereocenters. The maximum Gasteiger partial charge on any atom is 0.186 e. The zero-order chi connectivity index (χ0) is 24.0. The van der Waals surface area contributed by atoms with Crippen molar-refractivity contribution in [2.75, 3.05) is 4.90 Å². The fraction of sp³-hybridized carbons (Fsp3) is 0.214. The van der Waals surface area contributed by atoms with E-state index < -0.39 is 29.2 Å². The van der Waals surface area contributed by atoms with E-state index in [0.29, 0.717) is 16.9 Å². The third-order valence-corrected chi connectivity index (χ3v) is 6.93. The number of nitriles is 2. The number of fused-ring (bicyclic) bond motifs is 3. The molecule has 5 nitrogen and oxygen atoms in total. The van der Waals surface area contributed by atoms with Crippen LogP contribution in [-0.4, -0.2) is 22.9 Å². The van der Waals surface area contributed by atoms with Crippen molar-refractivity contribution < 1.29 is 9.18 Å². The smallest absolute Gasteiger partial charge is 0.186 e. The van der Waals surface area contributed by atoms with Gasteiger partial charge in [0.25, 0.3) is 0 Å². The Kier molecular flexibility index (Phi) is 5.03. The molecule has 1 aromatic heterocycles. The van der Waals surface area contributed by atoms with Crippen LogP contribution in [0.5, 0.6) is 0 Å². The second kappa shape index (κ2) is 7.93. The molecule has 0 radical (unpaired) electrons. The van der Waals surface area contributed by atoms with E-state index in [4.69, 9.17) is 0 Å². The molecule has 2 aromatic carbocycles. The van der Waals surface area contributed by atoms with E-state index in [9.17, 15) is 15.3 Å². The van der Waals surface area contributed by atoms with Gasteiger partial charge in [-0.3, -0.25) is 9.78 Å². The van der Waals surface area contributed by atoms with E-state index in [-0.39, 0.29) is 11.3 Å². The van der Waals surface area contributed by atoms with Gasteiger partial charge >= 0.3 is 0 Å². The Hall–Kier alpha value is -4.29. The van der Waals surface area contributed by atoms with Crippen molar-refractivity contribution in [1.29, 1.82) is 10.5 Å². The summed E-state index contributed by atoms with van der Waals surface area (Å²) in [5.74, 6) is -1.82. The van der Waals surface area contributed by atoms with Crippen molar-refractivity contribution in [3.05, 3.63) is 101 Å². The van der Waals surface area contributed by atoms with Crippen LogP contribution in [0.2, 0.25) is 0 Å². The molecule has 0 saturated carbocycles. The number of anilines is 1. The molecule has 34 heavy (non-hydrogen) atoms. The molecular formula is C28H21FN4O. The number of nitrogens with zero attached hydrogens (tertiary/aromatic N) is 4. The molecule has 0 amide bonds. The second-order valence-corrected chi connectivity index (χ2v) is 8.84. The van der Waals surface area contributed by atoms with Crippen LogP contribution >= 0.6 is 0 Å². The predicted octanol–water partition coefficient (Wildman–Crippen LogP) is 5.12. The minimum Gasteiger partial charge on any atom is -0.349 e. The van der Waals surface area contributed by atoms with Crippen molar-refractivity contribution >= 4 is 17.5 Å². The van der Waals surface area contributed by atoms with Crippen molar-refractivity contribution in [3.8, 4) is 12.1 Å². The first kappa shape index (κ1) is 21.6. The quantitative estimate of drug-likeness (QED) is 0.520. The lowest BCUT2D eigenvalue weighted by Gasteiger charge is -2.35. The summed E-state index contributed by atoms with van der Waals surface area (Å²) < 4.78 is 15.2. The molecule has 5 rings (SSSR count). The normalized spacial score (nSPS) is 21.8. The molecule has 0 spiro atoms. The summed E-state index contributed by atoms with van der Waals surface area (Å²) in [5, 5.41) is 20.8. The number of aromatic nitrogens is 1. The van der Waals surface area contributed by atoms with Crippen LogP contribution in [0.3, 0.4) is 0 Å². The lowest BCUT2D eigenvalue weighted by Crippen LogP contribution is -2.44. The summed E-state index contributed by atoms with van der Waals surface area (Å²) in [6, 6.07) is 17.9. The van der Waals surface area contributed by atoms with Crippen molar-refractivity contribution in [1.82, 2.24) is 4.98 Å². The minimum atomic E-state index is -1.69. The van der Waals surface area contributed by atoms with E-state index in [1.807, 2.05) is 32.0 Å². The highest BCUT2D eigenvalue weighted by atomic mass is 19.1.